The van der Waals surface area contributed by atoms with E-state index in [2.05, 4.69) is 24.3 Å². The van der Waals surface area contributed by atoms with Crippen molar-refractivity contribution in [3.63, 3.8) is 0 Å². The molecule has 2 aromatic rings. The van der Waals surface area contributed by atoms with E-state index in [1.165, 1.54) is 11.1 Å². The molecule has 141 valence electrons. The minimum atomic E-state index is -0.163. The molecular weight excluding hydrogens is 326 g/mol. The predicted octanol–water partition coefficient (Wildman–Crippen LogP) is 4.33. The Morgan fingerprint density at radius 2 is 1.81 bits per heavy atom. The van der Waals surface area contributed by atoms with E-state index < -0.39 is 0 Å². The second-order valence-corrected chi connectivity index (χ2v) is 6.51. The summed E-state index contributed by atoms with van der Waals surface area (Å²) in [4.78, 5) is 2.03. The van der Waals surface area contributed by atoms with Crippen molar-refractivity contribution in [3.8, 4) is 11.5 Å². The van der Waals surface area contributed by atoms with Crippen LogP contribution in [0.15, 0.2) is 48.5 Å². The third kappa shape index (κ3) is 5.75. The zero-order chi connectivity index (χ0) is 18.9. The van der Waals surface area contributed by atoms with Crippen LogP contribution < -0.4 is 9.47 Å². The molecule has 0 N–H and O–H groups in total. The summed E-state index contributed by atoms with van der Waals surface area (Å²) in [6.07, 6.45) is 1.60. The summed E-state index contributed by atoms with van der Waals surface area (Å²) in [6, 6.07) is 16.4. The van der Waals surface area contributed by atoms with E-state index in [9.17, 15) is 0 Å². The monoisotopic (exact) mass is 356 g/mol. The minimum Gasteiger partial charge on any atom is -0.497 e. The van der Waals surface area contributed by atoms with Crippen molar-refractivity contribution in [1.29, 1.82) is 0 Å². The lowest BCUT2D eigenvalue weighted by molar-refractivity contribution is -0.0526. The Morgan fingerprint density at radius 3 is 2.50 bits per heavy atom. The first-order valence-electron chi connectivity index (χ1n) is 9.02. The molecule has 2 atom stereocenters. The summed E-state index contributed by atoms with van der Waals surface area (Å²) in [7, 11) is 5.69. The molecule has 2 rings (SSSR count). The molecule has 0 heterocycles. The van der Waals surface area contributed by atoms with Gasteiger partial charge in [-0.15, -0.1) is 0 Å². The average molecular weight is 356 g/mol. The maximum absolute atomic E-state index is 6.31. The Hall–Kier alpha value is -2.04. The van der Waals surface area contributed by atoms with Crippen LogP contribution in [-0.4, -0.2) is 38.4 Å². The Kier molecular flexibility index (Phi) is 7.95. The maximum Gasteiger partial charge on any atom is 0.178 e. The fourth-order valence-electron chi connectivity index (χ4n) is 2.97. The molecule has 2 aromatic carbocycles. The van der Waals surface area contributed by atoms with Crippen LogP contribution in [0.25, 0.3) is 0 Å². The summed E-state index contributed by atoms with van der Waals surface area (Å²) in [5, 5.41) is 0. The van der Waals surface area contributed by atoms with Gasteiger partial charge in [0.25, 0.3) is 0 Å². The first-order chi connectivity index (χ1) is 12.5. The van der Waals surface area contributed by atoms with E-state index in [1.54, 1.807) is 13.7 Å². The van der Waals surface area contributed by atoms with Gasteiger partial charge in [-0.25, -0.2) is 0 Å². The van der Waals surface area contributed by atoms with E-state index in [-0.39, 0.29) is 12.3 Å². The second-order valence-electron chi connectivity index (χ2n) is 6.51. The summed E-state index contributed by atoms with van der Waals surface area (Å²) < 4.78 is 17.2. The van der Waals surface area contributed by atoms with Gasteiger partial charge in [-0.2, -0.15) is 0 Å². The van der Waals surface area contributed by atoms with E-state index in [4.69, 9.17) is 14.2 Å². The molecule has 0 spiro atoms. The average Bonchev–Trinajstić information content (AvgIpc) is 2.65. The Labute approximate surface area is 157 Å². The van der Waals surface area contributed by atoms with E-state index in [0.29, 0.717) is 0 Å². The van der Waals surface area contributed by atoms with Gasteiger partial charge in [-0.05, 0) is 70.1 Å². The number of para-hydroxylation sites is 1. The van der Waals surface area contributed by atoms with Crippen LogP contribution >= 0.6 is 0 Å². The van der Waals surface area contributed by atoms with Gasteiger partial charge >= 0.3 is 0 Å². The Bertz CT molecular complexity index is 672. The molecule has 0 aromatic heterocycles. The number of aryl methyl sites for hydroxylation is 2. The zero-order valence-electron chi connectivity index (χ0n) is 16.4. The quantitative estimate of drug-likeness (QED) is 0.593. The number of likely N-dealkylation sites (N-methyl/N-ethyl adjacent to an activating group) is 1. The smallest absolute Gasteiger partial charge is 0.178 e. The van der Waals surface area contributed by atoms with Gasteiger partial charge in [0.15, 0.2) is 6.23 Å². The maximum atomic E-state index is 6.31. The van der Waals surface area contributed by atoms with Gasteiger partial charge in [0.2, 0.25) is 0 Å². The van der Waals surface area contributed by atoms with Crippen molar-refractivity contribution in [2.24, 2.45) is 0 Å². The molecule has 4 nitrogen and oxygen atoms in total. The van der Waals surface area contributed by atoms with Crippen molar-refractivity contribution in [2.45, 2.75) is 39.0 Å². The Balaban J connectivity index is 2.10. The Morgan fingerprint density at radius 1 is 1.04 bits per heavy atom. The van der Waals surface area contributed by atoms with E-state index in [1.807, 2.05) is 57.1 Å². The third-order valence-corrected chi connectivity index (χ3v) is 4.30. The third-order valence-electron chi connectivity index (χ3n) is 4.30. The second kappa shape index (κ2) is 10.2. The van der Waals surface area contributed by atoms with Crippen molar-refractivity contribution < 1.29 is 14.2 Å². The summed E-state index contributed by atoms with van der Waals surface area (Å²) in [5.41, 5.74) is 2.44. The summed E-state index contributed by atoms with van der Waals surface area (Å²) in [6.45, 7) is 5.61. The van der Waals surface area contributed by atoms with Crippen LogP contribution in [0.3, 0.4) is 0 Å². The molecule has 1 unspecified atom stereocenters. The summed E-state index contributed by atoms with van der Waals surface area (Å²) in [5.74, 6) is 1.79. The first kappa shape index (κ1) is 20.3. The first-order valence-corrected chi connectivity index (χ1v) is 9.02. The molecule has 0 amide bonds. The van der Waals surface area contributed by atoms with Crippen LogP contribution in [0, 0.1) is 6.61 Å². The molecule has 1 radical (unpaired) electrons. The largest absolute Gasteiger partial charge is 0.497 e. The molecule has 0 aliphatic heterocycles. The zero-order valence-corrected chi connectivity index (χ0v) is 16.4. The van der Waals surface area contributed by atoms with Crippen LogP contribution in [-0.2, 0) is 17.6 Å². The number of ether oxygens (including phenoxy) is 3. The van der Waals surface area contributed by atoms with Crippen molar-refractivity contribution in [1.82, 2.24) is 4.90 Å². The lowest BCUT2D eigenvalue weighted by atomic mass is 10.0. The molecule has 0 fully saturated rings. The molecule has 0 aliphatic carbocycles. The number of hydrogen-bond acceptors (Lipinski definition) is 4. The number of methoxy groups -OCH3 is 1. The van der Waals surface area contributed by atoms with Crippen molar-refractivity contribution in [2.75, 3.05) is 21.2 Å². The molecule has 4 heteroatoms. The highest BCUT2D eigenvalue weighted by Crippen LogP contribution is 2.24. The SMILES string of the molecule is C[CH]OC(C)[C@H](Oc1ccccc1CCc1cccc(OC)c1)N(C)C. The summed E-state index contributed by atoms with van der Waals surface area (Å²) >= 11 is 0. The van der Waals surface area contributed by atoms with Crippen molar-refractivity contribution in [3.05, 3.63) is 66.3 Å². The van der Waals surface area contributed by atoms with Gasteiger partial charge in [0.05, 0.1) is 13.7 Å². The van der Waals surface area contributed by atoms with Gasteiger partial charge in [0.1, 0.15) is 17.6 Å². The van der Waals surface area contributed by atoms with Crippen LogP contribution in [0.1, 0.15) is 25.0 Å². The fraction of sp³-hybridized carbons (Fsp3) is 0.409. The lowest BCUT2D eigenvalue weighted by Gasteiger charge is -2.30. The fourth-order valence-corrected chi connectivity index (χ4v) is 2.97. The molecule has 0 aliphatic rings. The van der Waals surface area contributed by atoms with Crippen LogP contribution in [0.2, 0.25) is 0 Å². The predicted molar refractivity (Wildman–Crippen MR) is 105 cm³/mol. The number of benzene rings is 2. The minimum absolute atomic E-state index is 0.0681. The van der Waals surface area contributed by atoms with Gasteiger partial charge < -0.3 is 14.2 Å². The molecule has 26 heavy (non-hydrogen) atoms. The van der Waals surface area contributed by atoms with Crippen molar-refractivity contribution >= 4 is 0 Å². The number of hydrogen-bond donors (Lipinski definition) is 0. The molecule has 0 saturated carbocycles. The number of nitrogens with zero attached hydrogens (tertiary/aromatic N) is 1. The van der Waals surface area contributed by atoms with Gasteiger partial charge in [-0.3, -0.25) is 4.90 Å². The number of rotatable bonds is 10. The lowest BCUT2D eigenvalue weighted by Crippen LogP contribution is -2.43. The molecule has 0 bridgehead atoms. The molecule has 0 saturated heterocycles. The topological polar surface area (TPSA) is 30.9 Å². The van der Waals surface area contributed by atoms with Crippen LogP contribution in [0.5, 0.6) is 11.5 Å². The van der Waals surface area contributed by atoms with E-state index >= 15 is 0 Å². The highest BCUT2D eigenvalue weighted by atomic mass is 16.6. The standard InChI is InChI=1S/C22H30NO3/c1-6-25-17(2)22(23(3)4)26-21-13-8-7-11-19(21)15-14-18-10-9-12-20(16-18)24-5/h6-13,16-17,22H,14-15H2,1-5H3/t17?,22-/m0/s1. The van der Waals surface area contributed by atoms with E-state index in [0.717, 1.165) is 24.3 Å². The highest BCUT2D eigenvalue weighted by molar-refractivity contribution is 5.35. The highest BCUT2D eigenvalue weighted by Gasteiger charge is 2.22. The van der Waals surface area contributed by atoms with Gasteiger partial charge in [0, 0.05) is 0 Å². The normalized spacial score (nSPS) is 13.5. The van der Waals surface area contributed by atoms with Gasteiger partial charge in [-0.1, -0.05) is 30.3 Å². The molecular formula is C22H30NO3. The van der Waals surface area contributed by atoms with Crippen LogP contribution in [0.4, 0.5) is 0 Å².